The second-order valence-electron chi connectivity index (χ2n) is 7.30. The van der Waals surface area contributed by atoms with Gasteiger partial charge in [0.05, 0.1) is 23.7 Å². The van der Waals surface area contributed by atoms with Gasteiger partial charge in [-0.25, -0.2) is 4.98 Å². The number of methoxy groups -OCH3 is 1. The van der Waals surface area contributed by atoms with Crippen LogP contribution in [0.1, 0.15) is 36.3 Å². The number of aryl methyl sites for hydroxylation is 3. The second kappa shape index (κ2) is 9.56. The lowest BCUT2D eigenvalue weighted by Crippen LogP contribution is -2.31. The van der Waals surface area contributed by atoms with Gasteiger partial charge in [-0.3, -0.25) is 4.79 Å². The highest BCUT2D eigenvalue weighted by atomic mass is 16.5. The number of hydrogen-bond acceptors (Lipinski definition) is 4. The van der Waals surface area contributed by atoms with Crippen molar-refractivity contribution in [2.24, 2.45) is 0 Å². The number of rotatable bonds is 9. The van der Waals surface area contributed by atoms with E-state index in [9.17, 15) is 4.79 Å². The van der Waals surface area contributed by atoms with Crippen LogP contribution in [-0.2, 0) is 16.1 Å². The molecule has 0 aliphatic carbocycles. The predicted molar refractivity (Wildman–Crippen MR) is 114 cm³/mol. The lowest BCUT2D eigenvalue weighted by atomic mass is 10.1. The molecule has 3 aromatic rings. The number of benzene rings is 2. The number of ether oxygens (including phenoxy) is 2. The number of hydrogen-bond donors (Lipinski definition) is 1. The summed E-state index contributed by atoms with van der Waals surface area (Å²) in [5.74, 6) is 1.61. The van der Waals surface area contributed by atoms with Gasteiger partial charge in [0.1, 0.15) is 18.2 Å². The molecule has 1 unspecified atom stereocenters. The zero-order chi connectivity index (χ0) is 20.8. The maximum Gasteiger partial charge on any atom is 0.246 e. The third-order valence-corrected chi connectivity index (χ3v) is 4.85. The van der Waals surface area contributed by atoms with Crippen molar-refractivity contribution in [2.45, 2.75) is 39.8 Å². The van der Waals surface area contributed by atoms with Gasteiger partial charge in [0.2, 0.25) is 5.91 Å². The Balaban J connectivity index is 1.72. The largest absolute Gasteiger partial charge is 0.493 e. The second-order valence-corrected chi connectivity index (χ2v) is 7.30. The van der Waals surface area contributed by atoms with Gasteiger partial charge in [0, 0.05) is 13.7 Å². The van der Waals surface area contributed by atoms with E-state index in [1.54, 1.807) is 0 Å². The Morgan fingerprint density at radius 3 is 2.79 bits per heavy atom. The minimum Gasteiger partial charge on any atom is -0.493 e. The molecule has 1 N–H and O–H groups in total. The first-order valence-electron chi connectivity index (χ1n) is 9.93. The quantitative estimate of drug-likeness (QED) is 0.557. The zero-order valence-electron chi connectivity index (χ0n) is 17.6. The van der Waals surface area contributed by atoms with E-state index in [1.807, 2.05) is 25.1 Å². The van der Waals surface area contributed by atoms with E-state index >= 15 is 0 Å². The fourth-order valence-corrected chi connectivity index (χ4v) is 3.41. The molecule has 6 nitrogen and oxygen atoms in total. The molecule has 0 spiro atoms. The summed E-state index contributed by atoms with van der Waals surface area (Å²) in [6.07, 6.45) is 0.833. The number of carbonyl (C=O) groups is 1. The minimum absolute atomic E-state index is 0.0360. The Hall–Kier alpha value is -2.86. The first kappa shape index (κ1) is 20.9. The molecular weight excluding hydrogens is 366 g/mol. The van der Waals surface area contributed by atoms with Crippen LogP contribution in [0.3, 0.4) is 0 Å². The van der Waals surface area contributed by atoms with Crippen LogP contribution in [0.5, 0.6) is 5.75 Å². The normalized spacial score (nSPS) is 12.1. The first-order valence-corrected chi connectivity index (χ1v) is 9.93. The molecule has 1 amide bonds. The molecule has 0 radical (unpaired) electrons. The number of amides is 1. The van der Waals surface area contributed by atoms with Crippen molar-refractivity contribution >= 4 is 16.9 Å². The van der Waals surface area contributed by atoms with Gasteiger partial charge in [-0.15, -0.1) is 0 Å². The summed E-state index contributed by atoms with van der Waals surface area (Å²) in [4.78, 5) is 16.7. The van der Waals surface area contributed by atoms with Crippen LogP contribution in [0, 0.1) is 13.8 Å². The van der Waals surface area contributed by atoms with Crippen LogP contribution < -0.4 is 10.1 Å². The molecule has 3 rings (SSSR count). The van der Waals surface area contributed by atoms with Gasteiger partial charge in [-0.05, 0) is 56.5 Å². The lowest BCUT2D eigenvalue weighted by Gasteiger charge is -2.16. The lowest BCUT2D eigenvalue weighted by molar-refractivity contribution is -0.125. The van der Waals surface area contributed by atoms with Gasteiger partial charge in [0.25, 0.3) is 0 Å². The van der Waals surface area contributed by atoms with Crippen LogP contribution in [0.2, 0.25) is 0 Å². The third kappa shape index (κ3) is 5.15. The summed E-state index contributed by atoms with van der Waals surface area (Å²) >= 11 is 0. The topological polar surface area (TPSA) is 65.4 Å². The van der Waals surface area contributed by atoms with Gasteiger partial charge in [-0.1, -0.05) is 24.3 Å². The fourth-order valence-electron chi connectivity index (χ4n) is 3.41. The Morgan fingerprint density at radius 2 is 2.00 bits per heavy atom. The molecule has 0 bridgehead atoms. The molecule has 6 heteroatoms. The van der Waals surface area contributed by atoms with E-state index in [1.165, 1.54) is 12.7 Å². The van der Waals surface area contributed by atoms with Crippen LogP contribution in [0.15, 0.2) is 42.5 Å². The average molecular weight is 396 g/mol. The number of para-hydroxylation sites is 2. The van der Waals surface area contributed by atoms with E-state index in [-0.39, 0.29) is 18.6 Å². The highest BCUT2D eigenvalue weighted by molar-refractivity contribution is 5.78. The van der Waals surface area contributed by atoms with Crippen molar-refractivity contribution in [3.63, 3.8) is 0 Å². The highest BCUT2D eigenvalue weighted by Crippen LogP contribution is 2.22. The summed E-state index contributed by atoms with van der Waals surface area (Å²) in [6.45, 7) is 7.47. The summed E-state index contributed by atoms with van der Waals surface area (Å²) in [7, 11) is 1.51. The van der Waals surface area contributed by atoms with E-state index in [0.717, 1.165) is 41.1 Å². The summed E-state index contributed by atoms with van der Waals surface area (Å²) in [6, 6.07) is 14.0. The molecular formula is C23H29N3O3. The van der Waals surface area contributed by atoms with Crippen molar-refractivity contribution in [1.82, 2.24) is 14.9 Å². The van der Waals surface area contributed by atoms with Gasteiger partial charge < -0.3 is 19.4 Å². The molecule has 0 aliphatic rings. The zero-order valence-corrected chi connectivity index (χ0v) is 17.6. The molecule has 0 fully saturated rings. The molecule has 1 heterocycles. The summed E-state index contributed by atoms with van der Waals surface area (Å²) < 4.78 is 13.1. The number of carbonyl (C=O) groups excluding carboxylic acids is 1. The fraction of sp³-hybridized carbons (Fsp3) is 0.391. The number of nitrogens with one attached hydrogen (secondary N) is 1. The van der Waals surface area contributed by atoms with Crippen molar-refractivity contribution in [1.29, 1.82) is 0 Å². The Labute approximate surface area is 171 Å². The van der Waals surface area contributed by atoms with Crippen molar-refractivity contribution < 1.29 is 14.3 Å². The Bertz CT molecular complexity index is 981. The third-order valence-electron chi connectivity index (χ3n) is 4.85. The Morgan fingerprint density at radius 1 is 1.21 bits per heavy atom. The molecule has 154 valence electrons. The number of imidazole rings is 1. The van der Waals surface area contributed by atoms with Crippen molar-refractivity contribution in [2.75, 3.05) is 20.3 Å². The standard InChI is InChI=1S/C23H29N3O3/c1-16-10-11-17(2)21(14-16)29-13-7-12-26-20-9-6-5-8-19(20)25-23(26)18(3)24-22(27)15-28-4/h5-6,8-11,14,18H,7,12-13,15H2,1-4H3,(H,24,27). The van der Waals surface area contributed by atoms with E-state index in [0.29, 0.717) is 6.61 Å². The summed E-state index contributed by atoms with van der Waals surface area (Å²) in [5, 5.41) is 2.95. The molecule has 0 aliphatic heterocycles. The van der Waals surface area contributed by atoms with Gasteiger partial charge >= 0.3 is 0 Å². The number of aromatic nitrogens is 2. The molecule has 0 saturated carbocycles. The molecule has 29 heavy (non-hydrogen) atoms. The maximum absolute atomic E-state index is 11.9. The van der Waals surface area contributed by atoms with E-state index < -0.39 is 0 Å². The Kier molecular flexibility index (Phi) is 6.88. The van der Waals surface area contributed by atoms with Gasteiger partial charge in [-0.2, -0.15) is 0 Å². The van der Waals surface area contributed by atoms with Crippen LogP contribution in [0.4, 0.5) is 0 Å². The molecule has 1 atom stereocenters. The van der Waals surface area contributed by atoms with E-state index in [4.69, 9.17) is 14.5 Å². The van der Waals surface area contributed by atoms with Crippen LogP contribution in [0.25, 0.3) is 11.0 Å². The van der Waals surface area contributed by atoms with Crippen molar-refractivity contribution in [3.05, 3.63) is 59.4 Å². The SMILES string of the molecule is COCC(=O)NC(C)c1nc2ccccc2n1CCCOc1cc(C)ccc1C. The number of fused-ring (bicyclic) bond motifs is 1. The molecule has 0 saturated heterocycles. The van der Waals surface area contributed by atoms with Gasteiger partial charge in [0.15, 0.2) is 0 Å². The monoisotopic (exact) mass is 395 g/mol. The smallest absolute Gasteiger partial charge is 0.246 e. The van der Waals surface area contributed by atoms with Crippen molar-refractivity contribution in [3.8, 4) is 5.75 Å². The predicted octanol–water partition coefficient (Wildman–Crippen LogP) is 3.95. The summed E-state index contributed by atoms with van der Waals surface area (Å²) in [5.41, 5.74) is 4.31. The number of nitrogens with zero attached hydrogens (tertiary/aromatic N) is 2. The minimum atomic E-state index is -0.218. The van der Waals surface area contributed by atoms with E-state index in [2.05, 4.69) is 48.0 Å². The maximum atomic E-state index is 11.9. The first-order chi connectivity index (χ1) is 14.0. The molecule has 2 aromatic carbocycles. The average Bonchev–Trinajstić information content (AvgIpc) is 3.07. The molecule has 1 aromatic heterocycles. The highest BCUT2D eigenvalue weighted by Gasteiger charge is 2.18. The van der Waals surface area contributed by atoms with Crippen LogP contribution in [-0.4, -0.2) is 35.8 Å². The van der Waals surface area contributed by atoms with Crippen LogP contribution >= 0.6 is 0 Å².